The van der Waals surface area contributed by atoms with Crippen LogP contribution in [0, 0.1) is 0 Å². The Morgan fingerprint density at radius 2 is 1.63 bits per heavy atom. The number of carbonyl (C=O) groups excluding carboxylic acids is 2. The molecular formula is C24H26N2O4. The normalized spacial score (nSPS) is 12.3. The van der Waals surface area contributed by atoms with Crippen LogP contribution in [0.2, 0.25) is 0 Å². The molecule has 0 N–H and O–H groups in total. The van der Waals surface area contributed by atoms with Gasteiger partial charge in [0.2, 0.25) is 11.5 Å². The number of aromatic nitrogens is 2. The Morgan fingerprint density at radius 1 is 1.00 bits per heavy atom. The second kappa shape index (κ2) is 8.53. The number of nitrogens with zero attached hydrogens (tertiary/aromatic N) is 2. The summed E-state index contributed by atoms with van der Waals surface area (Å²) in [6.45, 7) is 7.88. The fourth-order valence-corrected chi connectivity index (χ4v) is 3.00. The lowest BCUT2D eigenvalue weighted by Crippen LogP contribution is -2.25. The van der Waals surface area contributed by atoms with E-state index in [0.29, 0.717) is 5.56 Å². The Bertz CT molecular complexity index is 1030. The second-order valence-electron chi connectivity index (χ2n) is 8.07. The smallest absolute Gasteiger partial charge is 0.363 e. The van der Waals surface area contributed by atoms with Crippen molar-refractivity contribution in [2.45, 2.75) is 39.2 Å². The molecule has 3 rings (SSSR count). The van der Waals surface area contributed by atoms with Gasteiger partial charge in [0.1, 0.15) is 0 Å². The number of methoxy groups -OCH3 is 1. The molecule has 1 atom stereocenters. The minimum absolute atomic E-state index is 0.00616. The zero-order valence-corrected chi connectivity index (χ0v) is 17.9. The molecule has 0 radical (unpaired) electrons. The Morgan fingerprint density at radius 3 is 2.20 bits per heavy atom. The summed E-state index contributed by atoms with van der Waals surface area (Å²) in [6.07, 6.45) is 0.647. The van der Waals surface area contributed by atoms with Crippen molar-refractivity contribution in [3.8, 4) is 11.4 Å². The van der Waals surface area contributed by atoms with Gasteiger partial charge in [0.05, 0.1) is 19.0 Å². The van der Waals surface area contributed by atoms with Gasteiger partial charge in [-0.25, -0.2) is 9.48 Å². The molecule has 1 unspecified atom stereocenters. The van der Waals surface area contributed by atoms with E-state index in [1.165, 1.54) is 11.8 Å². The molecule has 3 aromatic rings. The van der Waals surface area contributed by atoms with E-state index in [-0.39, 0.29) is 22.6 Å². The van der Waals surface area contributed by atoms with Crippen molar-refractivity contribution in [3.05, 3.63) is 77.6 Å². The molecule has 0 aliphatic heterocycles. The lowest BCUT2D eigenvalue weighted by molar-refractivity contribution is 0.0309. The van der Waals surface area contributed by atoms with Gasteiger partial charge in [-0.3, -0.25) is 4.79 Å². The number of esters is 1. The third kappa shape index (κ3) is 4.59. The molecule has 6 nitrogen and oxygen atoms in total. The Labute approximate surface area is 176 Å². The molecule has 0 spiro atoms. The lowest BCUT2D eigenvalue weighted by Gasteiger charge is -2.19. The molecule has 0 amide bonds. The first-order valence-corrected chi connectivity index (χ1v) is 9.75. The SMILES string of the molecule is COc1cn(-c2ccccc2)nc1C(=O)OC(C)C(=O)c1ccc(C(C)(C)C)cc1. The van der Waals surface area contributed by atoms with Crippen molar-refractivity contribution >= 4 is 11.8 Å². The topological polar surface area (TPSA) is 70.4 Å². The minimum atomic E-state index is -0.954. The van der Waals surface area contributed by atoms with Crippen LogP contribution in [0.25, 0.3) is 5.69 Å². The summed E-state index contributed by atoms with van der Waals surface area (Å²) in [7, 11) is 1.45. The van der Waals surface area contributed by atoms with Crippen molar-refractivity contribution in [1.29, 1.82) is 0 Å². The highest BCUT2D eigenvalue weighted by atomic mass is 16.5. The summed E-state index contributed by atoms with van der Waals surface area (Å²) < 4.78 is 12.2. The van der Waals surface area contributed by atoms with E-state index < -0.39 is 12.1 Å². The van der Waals surface area contributed by atoms with E-state index in [0.717, 1.165) is 11.3 Å². The third-order valence-corrected chi connectivity index (χ3v) is 4.80. The van der Waals surface area contributed by atoms with Crippen LogP contribution in [0.5, 0.6) is 5.75 Å². The molecule has 156 valence electrons. The van der Waals surface area contributed by atoms with E-state index in [2.05, 4.69) is 25.9 Å². The van der Waals surface area contributed by atoms with Crippen molar-refractivity contribution in [2.24, 2.45) is 0 Å². The number of ether oxygens (including phenoxy) is 2. The standard InChI is InChI=1S/C24H26N2O4/c1-16(22(27)17-11-13-18(14-12-17)24(2,3)4)30-23(28)21-20(29-5)15-26(25-21)19-9-7-6-8-10-19/h6-16H,1-5H3. The minimum Gasteiger partial charge on any atom is -0.493 e. The maximum absolute atomic E-state index is 12.7. The van der Waals surface area contributed by atoms with Crippen LogP contribution in [-0.4, -0.2) is 34.7 Å². The largest absolute Gasteiger partial charge is 0.493 e. The average Bonchev–Trinajstić information content (AvgIpc) is 3.18. The lowest BCUT2D eigenvalue weighted by atomic mass is 9.86. The van der Waals surface area contributed by atoms with E-state index in [9.17, 15) is 9.59 Å². The Hall–Kier alpha value is -3.41. The van der Waals surface area contributed by atoms with E-state index in [4.69, 9.17) is 9.47 Å². The molecule has 0 saturated heterocycles. The number of hydrogen-bond acceptors (Lipinski definition) is 5. The third-order valence-electron chi connectivity index (χ3n) is 4.80. The highest BCUT2D eigenvalue weighted by Crippen LogP contribution is 2.24. The number of benzene rings is 2. The van der Waals surface area contributed by atoms with Gasteiger partial charge in [0, 0.05) is 5.56 Å². The highest BCUT2D eigenvalue weighted by molar-refractivity contribution is 6.01. The average molecular weight is 406 g/mol. The molecular weight excluding hydrogens is 380 g/mol. The Balaban J connectivity index is 1.75. The number of ketones is 1. The molecule has 0 saturated carbocycles. The summed E-state index contributed by atoms with van der Waals surface area (Å²) in [5.41, 5.74) is 2.40. The van der Waals surface area contributed by atoms with Crippen molar-refractivity contribution < 1.29 is 19.1 Å². The molecule has 30 heavy (non-hydrogen) atoms. The van der Waals surface area contributed by atoms with Gasteiger partial charge in [0.25, 0.3) is 0 Å². The molecule has 0 fully saturated rings. The predicted octanol–water partition coefficient (Wildman–Crippen LogP) is 4.61. The van der Waals surface area contributed by atoms with Gasteiger partial charge >= 0.3 is 5.97 Å². The van der Waals surface area contributed by atoms with Crippen LogP contribution in [0.4, 0.5) is 0 Å². The molecule has 1 heterocycles. The summed E-state index contributed by atoms with van der Waals surface area (Å²) in [4.78, 5) is 25.4. The van der Waals surface area contributed by atoms with Crippen molar-refractivity contribution in [1.82, 2.24) is 9.78 Å². The molecule has 0 aliphatic carbocycles. The van der Waals surface area contributed by atoms with E-state index in [1.807, 2.05) is 42.5 Å². The zero-order chi connectivity index (χ0) is 21.9. The predicted molar refractivity (Wildman–Crippen MR) is 114 cm³/mol. The molecule has 0 bridgehead atoms. The number of carbonyl (C=O) groups is 2. The second-order valence-corrected chi connectivity index (χ2v) is 8.07. The van der Waals surface area contributed by atoms with Gasteiger partial charge in [-0.2, -0.15) is 5.10 Å². The van der Waals surface area contributed by atoms with Gasteiger partial charge in [-0.05, 0) is 30.0 Å². The van der Waals surface area contributed by atoms with Gasteiger partial charge in [-0.1, -0.05) is 63.2 Å². The fourth-order valence-electron chi connectivity index (χ4n) is 3.00. The first kappa shape index (κ1) is 21.3. The van der Waals surface area contributed by atoms with Crippen LogP contribution >= 0.6 is 0 Å². The van der Waals surface area contributed by atoms with E-state index in [1.54, 1.807) is 25.3 Å². The highest BCUT2D eigenvalue weighted by Gasteiger charge is 2.26. The quantitative estimate of drug-likeness (QED) is 0.442. The number of rotatable bonds is 6. The van der Waals surface area contributed by atoms with Crippen LogP contribution in [0.1, 0.15) is 54.1 Å². The first-order chi connectivity index (χ1) is 14.2. The van der Waals surface area contributed by atoms with Gasteiger partial charge in [-0.15, -0.1) is 0 Å². The van der Waals surface area contributed by atoms with Crippen LogP contribution in [-0.2, 0) is 10.2 Å². The van der Waals surface area contributed by atoms with Crippen LogP contribution in [0.3, 0.4) is 0 Å². The number of Topliss-reactive ketones (excluding diaryl/α,β-unsaturated/α-hetero) is 1. The van der Waals surface area contributed by atoms with Crippen LogP contribution < -0.4 is 4.74 Å². The summed E-state index contributed by atoms with van der Waals surface area (Å²) in [5.74, 6) is -0.711. The summed E-state index contributed by atoms with van der Waals surface area (Å²) in [5, 5.41) is 4.28. The van der Waals surface area contributed by atoms with E-state index >= 15 is 0 Å². The van der Waals surface area contributed by atoms with Crippen molar-refractivity contribution in [2.75, 3.05) is 7.11 Å². The summed E-state index contributed by atoms with van der Waals surface area (Å²) in [6, 6.07) is 16.7. The monoisotopic (exact) mass is 406 g/mol. The number of para-hydroxylation sites is 1. The fraction of sp³-hybridized carbons (Fsp3) is 0.292. The molecule has 2 aromatic carbocycles. The number of hydrogen-bond donors (Lipinski definition) is 0. The summed E-state index contributed by atoms with van der Waals surface area (Å²) >= 11 is 0. The Kier molecular flexibility index (Phi) is 6.06. The first-order valence-electron chi connectivity index (χ1n) is 9.75. The van der Waals surface area contributed by atoms with Crippen molar-refractivity contribution in [3.63, 3.8) is 0 Å². The molecule has 0 aliphatic rings. The van der Waals surface area contributed by atoms with Gasteiger partial charge < -0.3 is 9.47 Å². The maximum Gasteiger partial charge on any atom is 0.363 e. The maximum atomic E-state index is 12.7. The molecule has 1 aromatic heterocycles. The zero-order valence-electron chi connectivity index (χ0n) is 17.9. The van der Waals surface area contributed by atoms with Crippen LogP contribution in [0.15, 0.2) is 60.8 Å². The van der Waals surface area contributed by atoms with Gasteiger partial charge in [0.15, 0.2) is 11.9 Å². The molecule has 6 heteroatoms.